The Hall–Kier alpha value is -3.02. The second-order valence-electron chi connectivity index (χ2n) is 6.14. The van der Waals surface area contributed by atoms with E-state index in [1.54, 1.807) is 18.2 Å². The quantitative estimate of drug-likeness (QED) is 0.859. The summed E-state index contributed by atoms with van der Waals surface area (Å²) >= 11 is 0. The second kappa shape index (κ2) is 7.91. The van der Waals surface area contributed by atoms with Crippen LogP contribution in [-0.2, 0) is 9.59 Å². The first kappa shape index (κ1) is 17.8. The molecule has 0 fully saturated rings. The summed E-state index contributed by atoms with van der Waals surface area (Å²) in [5.41, 5.74) is 2.01. The highest BCUT2D eigenvalue weighted by atomic mass is 19.1. The Morgan fingerprint density at radius 1 is 1.08 bits per heavy atom. The zero-order chi connectivity index (χ0) is 18.5. The number of carboxylic acid groups (broad SMARTS) is 1. The largest absolute Gasteiger partial charge is 0.481 e. The predicted octanol–water partition coefficient (Wildman–Crippen LogP) is 3.76. The van der Waals surface area contributed by atoms with Gasteiger partial charge in [-0.2, -0.15) is 5.10 Å². The SMILES string of the molecule is O=C(O)CCCC(=O)N1N=C(c2ccccc2)C[C@@H]1c1ccccc1F. The lowest BCUT2D eigenvalue weighted by Gasteiger charge is -2.22. The molecule has 1 heterocycles. The van der Waals surface area contributed by atoms with E-state index in [0.717, 1.165) is 5.56 Å². The van der Waals surface area contributed by atoms with Crippen molar-refractivity contribution in [1.82, 2.24) is 5.01 Å². The summed E-state index contributed by atoms with van der Waals surface area (Å²) in [5, 5.41) is 14.5. The van der Waals surface area contributed by atoms with E-state index in [9.17, 15) is 14.0 Å². The minimum absolute atomic E-state index is 0.0584. The van der Waals surface area contributed by atoms with Crippen LogP contribution in [0.3, 0.4) is 0 Å². The third-order valence-electron chi connectivity index (χ3n) is 4.32. The van der Waals surface area contributed by atoms with Gasteiger partial charge in [0, 0.05) is 24.8 Å². The van der Waals surface area contributed by atoms with Gasteiger partial charge in [-0.15, -0.1) is 0 Å². The first-order valence-corrected chi connectivity index (χ1v) is 8.47. The first-order chi connectivity index (χ1) is 12.6. The summed E-state index contributed by atoms with van der Waals surface area (Å²) < 4.78 is 14.3. The van der Waals surface area contributed by atoms with Crippen LogP contribution < -0.4 is 0 Å². The van der Waals surface area contributed by atoms with Gasteiger partial charge in [0.15, 0.2) is 0 Å². The monoisotopic (exact) mass is 354 g/mol. The van der Waals surface area contributed by atoms with E-state index in [-0.39, 0.29) is 31.0 Å². The van der Waals surface area contributed by atoms with Crippen LogP contribution in [0, 0.1) is 5.82 Å². The molecule has 0 spiro atoms. The lowest BCUT2D eigenvalue weighted by Crippen LogP contribution is -2.27. The van der Waals surface area contributed by atoms with Crippen molar-refractivity contribution in [2.75, 3.05) is 0 Å². The summed E-state index contributed by atoms with van der Waals surface area (Å²) in [6.45, 7) is 0. The van der Waals surface area contributed by atoms with Gasteiger partial charge in [0.05, 0.1) is 11.8 Å². The number of carbonyl (C=O) groups excluding carboxylic acids is 1. The van der Waals surface area contributed by atoms with Crippen molar-refractivity contribution in [2.24, 2.45) is 5.10 Å². The standard InChI is InChI=1S/C20H19FN2O3/c21-16-10-5-4-9-15(16)18-13-17(14-7-2-1-3-8-14)22-23(18)19(24)11-6-12-20(25)26/h1-5,7-10,18H,6,11-13H2,(H,25,26)/t18-/m1/s1. The van der Waals surface area contributed by atoms with Crippen molar-refractivity contribution < 1.29 is 19.1 Å². The molecule has 0 saturated carbocycles. The molecule has 0 aromatic heterocycles. The van der Waals surface area contributed by atoms with Crippen LogP contribution in [0.25, 0.3) is 0 Å². The first-order valence-electron chi connectivity index (χ1n) is 8.47. The number of hydrogen-bond donors (Lipinski definition) is 1. The molecule has 3 rings (SSSR count). The van der Waals surface area contributed by atoms with Crippen LogP contribution in [0.4, 0.5) is 4.39 Å². The topological polar surface area (TPSA) is 70.0 Å². The van der Waals surface area contributed by atoms with E-state index in [4.69, 9.17) is 5.11 Å². The summed E-state index contributed by atoms with van der Waals surface area (Å²) in [6, 6.07) is 15.3. The van der Waals surface area contributed by atoms with Crippen molar-refractivity contribution in [2.45, 2.75) is 31.7 Å². The van der Waals surface area contributed by atoms with E-state index in [1.807, 2.05) is 30.3 Å². The van der Waals surface area contributed by atoms with Crippen molar-refractivity contribution in [3.05, 3.63) is 71.5 Å². The Balaban J connectivity index is 1.87. The summed E-state index contributed by atoms with van der Waals surface area (Å²) in [4.78, 5) is 23.3. The van der Waals surface area contributed by atoms with Gasteiger partial charge in [-0.1, -0.05) is 48.5 Å². The van der Waals surface area contributed by atoms with E-state index in [1.165, 1.54) is 11.1 Å². The number of amides is 1. The zero-order valence-corrected chi connectivity index (χ0v) is 14.1. The van der Waals surface area contributed by atoms with Gasteiger partial charge in [-0.05, 0) is 18.1 Å². The third-order valence-corrected chi connectivity index (χ3v) is 4.32. The van der Waals surface area contributed by atoms with Crippen LogP contribution in [-0.4, -0.2) is 27.7 Å². The van der Waals surface area contributed by atoms with Gasteiger partial charge in [0.1, 0.15) is 5.82 Å². The molecule has 0 aliphatic carbocycles. The van der Waals surface area contributed by atoms with Crippen molar-refractivity contribution in [3.63, 3.8) is 0 Å². The van der Waals surface area contributed by atoms with Gasteiger partial charge >= 0.3 is 5.97 Å². The predicted molar refractivity (Wildman–Crippen MR) is 95.1 cm³/mol. The molecule has 0 bridgehead atoms. The van der Waals surface area contributed by atoms with Crippen molar-refractivity contribution >= 4 is 17.6 Å². The fourth-order valence-electron chi connectivity index (χ4n) is 3.04. The number of halogens is 1. The van der Waals surface area contributed by atoms with E-state index < -0.39 is 12.0 Å². The molecule has 1 atom stereocenters. The smallest absolute Gasteiger partial charge is 0.303 e. The highest BCUT2D eigenvalue weighted by Gasteiger charge is 2.34. The van der Waals surface area contributed by atoms with Crippen LogP contribution in [0.15, 0.2) is 59.7 Å². The molecule has 6 heteroatoms. The van der Waals surface area contributed by atoms with Gasteiger partial charge in [-0.25, -0.2) is 9.40 Å². The molecule has 1 amide bonds. The number of benzene rings is 2. The van der Waals surface area contributed by atoms with Gasteiger partial charge in [0.2, 0.25) is 5.91 Å². The molecule has 1 N–H and O–H groups in total. The number of nitrogens with zero attached hydrogens (tertiary/aromatic N) is 2. The Morgan fingerprint density at radius 3 is 2.46 bits per heavy atom. The zero-order valence-electron chi connectivity index (χ0n) is 14.1. The molecule has 1 aliphatic rings. The maximum absolute atomic E-state index is 14.3. The molecular formula is C20H19FN2O3. The van der Waals surface area contributed by atoms with E-state index >= 15 is 0 Å². The summed E-state index contributed by atoms with van der Waals surface area (Å²) in [6.07, 6.45) is 0.614. The maximum atomic E-state index is 14.3. The normalized spacial score (nSPS) is 16.4. The fourth-order valence-corrected chi connectivity index (χ4v) is 3.04. The minimum Gasteiger partial charge on any atom is -0.481 e. The number of hydrogen-bond acceptors (Lipinski definition) is 3. The van der Waals surface area contributed by atoms with Crippen LogP contribution >= 0.6 is 0 Å². The maximum Gasteiger partial charge on any atom is 0.303 e. The molecule has 2 aromatic carbocycles. The number of rotatable bonds is 6. The van der Waals surface area contributed by atoms with Crippen LogP contribution in [0.1, 0.15) is 42.9 Å². The minimum atomic E-state index is -0.946. The van der Waals surface area contributed by atoms with Crippen LogP contribution in [0.5, 0.6) is 0 Å². The van der Waals surface area contributed by atoms with Crippen molar-refractivity contribution in [1.29, 1.82) is 0 Å². The lowest BCUT2D eigenvalue weighted by molar-refractivity contribution is -0.137. The molecule has 0 unspecified atom stereocenters. The molecule has 0 saturated heterocycles. The Labute approximate surface area is 150 Å². The third kappa shape index (κ3) is 3.96. The Morgan fingerprint density at radius 2 is 1.77 bits per heavy atom. The second-order valence-corrected chi connectivity index (χ2v) is 6.14. The summed E-state index contributed by atoms with van der Waals surface area (Å²) in [5.74, 6) is -1.63. The molecular weight excluding hydrogens is 335 g/mol. The molecule has 2 aromatic rings. The molecule has 0 radical (unpaired) electrons. The Kier molecular flexibility index (Phi) is 5.41. The molecule has 134 valence electrons. The number of aliphatic carboxylic acids is 1. The highest BCUT2D eigenvalue weighted by Crippen LogP contribution is 2.34. The van der Waals surface area contributed by atoms with E-state index in [2.05, 4.69) is 5.10 Å². The van der Waals surface area contributed by atoms with E-state index in [0.29, 0.717) is 17.7 Å². The molecule has 26 heavy (non-hydrogen) atoms. The average Bonchev–Trinajstić information content (AvgIpc) is 3.08. The molecule has 5 nitrogen and oxygen atoms in total. The Bertz CT molecular complexity index is 836. The van der Waals surface area contributed by atoms with Crippen LogP contribution in [0.2, 0.25) is 0 Å². The molecule has 1 aliphatic heterocycles. The fraction of sp³-hybridized carbons (Fsp3) is 0.250. The van der Waals surface area contributed by atoms with Crippen molar-refractivity contribution in [3.8, 4) is 0 Å². The van der Waals surface area contributed by atoms with Gasteiger partial charge in [0.25, 0.3) is 0 Å². The number of carboxylic acids is 1. The summed E-state index contributed by atoms with van der Waals surface area (Å²) in [7, 11) is 0. The average molecular weight is 354 g/mol. The van der Waals surface area contributed by atoms with Gasteiger partial charge < -0.3 is 5.11 Å². The number of hydrazone groups is 1. The number of carbonyl (C=O) groups is 2. The van der Waals surface area contributed by atoms with Gasteiger partial charge in [-0.3, -0.25) is 9.59 Å². The lowest BCUT2D eigenvalue weighted by atomic mass is 9.98. The highest BCUT2D eigenvalue weighted by molar-refractivity contribution is 6.03.